The molecular weight excluding hydrogens is 550 g/mol. The summed E-state index contributed by atoms with van der Waals surface area (Å²) < 4.78 is 63.1. The van der Waals surface area contributed by atoms with Crippen LogP contribution >= 0.6 is 23.1 Å². The van der Waals surface area contributed by atoms with Gasteiger partial charge >= 0.3 is 5.76 Å². The van der Waals surface area contributed by atoms with Crippen LogP contribution in [0.1, 0.15) is 24.1 Å². The molecule has 2 heterocycles. The number of anilines is 1. The van der Waals surface area contributed by atoms with E-state index < -0.39 is 31.8 Å². The maximum absolute atomic E-state index is 12.8. The maximum Gasteiger partial charge on any atom is 0.420 e. The van der Waals surface area contributed by atoms with Crippen LogP contribution in [-0.4, -0.2) is 43.6 Å². The fourth-order valence-corrected chi connectivity index (χ4v) is 5.95. The van der Waals surface area contributed by atoms with E-state index in [0.717, 1.165) is 17.8 Å². The highest BCUT2D eigenvalue weighted by Gasteiger charge is 2.25. The zero-order valence-electron chi connectivity index (χ0n) is 18.7. The number of hydrogen-bond donors (Lipinski definition) is 2. The number of oxazole rings is 1. The van der Waals surface area contributed by atoms with Gasteiger partial charge in [-0.05, 0) is 24.6 Å². The van der Waals surface area contributed by atoms with Crippen molar-refractivity contribution in [1.82, 2.24) is 18.6 Å². The van der Waals surface area contributed by atoms with E-state index in [9.17, 15) is 21.6 Å². The third-order valence-electron chi connectivity index (χ3n) is 4.98. The lowest BCUT2D eigenvalue weighted by Crippen LogP contribution is -2.22. The number of aromatic nitrogens is 3. The molecule has 15 heteroatoms. The summed E-state index contributed by atoms with van der Waals surface area (Å²) in [4.78, 5) is 16.3. The molecule has 4 aromatic rings. The second-order valence-corrected chi connectivity index (χ2v) is 12.2. The number of rotatable bonds is 7. The topological polar surface area (TPSA) is 153 Å². The van der Waals surface area contributed by atoms with Crippen LogP contribution in [0.15, 0.2) is 56.8 Å². The first-order valence-corrected chi connectivity index (χ1v) is 14.7. The van der Waals surface area contributed by atoms with Crippen LogP contribution < -0.4 is 15.2 Å². The van der Waals surface area contributed by atoms with Crippen LogP contribution in [0.4, 0.5) is 5.13 Å². The highest BCUT2D eigenvalue weighted by atomic mass is 35.5. The van der Waals surface area contributed by atoms with Crippen molar-refractivity contribution >= 4 is 59.4 Å². The molecule has 0 aliphatic rings. The van der Waals surface area contributed by atoms with Gasteiger partial charge in [-0.1, -0.05) is 41.6 Å². The number of nitrogens with one attached hydrogen (secondary N) is 2. The third-order valence-corrected chi connectivity index (χ3v) is 8.17. The Bertz CT molecular complexity index is 1770. The Kier molecular flexibility index (Phi) is 7.21. The van der Waals surface area contributed by atoms with Crippen molar-refractivity contribution in [1.29, 1.82) is 0 Å². The summed E-state index contributed by atoms with van der Waals surface area (Å²) in [5.41, 5.74) is 1.55. The third kappa shape index (κ3) is 5.61. The highest BCUT2D eigenvalue weighted by Crippen LogP contribution is 2.31. The van der Waals surface area contributed by atoms with E-state index in [0.29, 0.717) is 11.1 Å². The Hall–Kier alpha value is -3.22. The van der Waals surface area contributed by atoms with Crippen molar-refractivity contribution in [3.63, 3.8) is 0 Å². The van der Waals surface area contributed by atoms with E-state index in [1.807, 2.05) is 0 Å². The Morgan fingerprint density at radius 3 is 2.67 bits per heavy atom. The van der Waals surface area contributed by atoms with Crippen LogP contribution in [-0.2, 0) is 20.0 Å². The van der Waals surface area contributed by atoms with Crippen LogP contribution in [0.2, 0.25) is 5.02 Å². The summed E-state index contributed by atoms with van der Waals surface area (Å²) in [6.45, 7) is 1.68. The van der Waals surface area contributed by atoms with Crippen molar-refractivity contribution in [2.45, 2.75) is 17.9 Å². The lowest BCUT2D eigenvalue weighted by atomic mass is 10.0. The van der Waals surface area contributed by atoms with E-state index >= 15 is 0 Å². The van der Waals surface area contributed by atoms with Crippen molar-refractivity contribution < 1.29 is 21.3 Å². The standard InChI is InChI=1S/C21H18ClN5O6S3/c1-13(15-8-4-3-6-14(15)7-5-9-25-35(2,29)30)27-17-10-16(22)19(11-18(17)33-21(27)28)36(31,32)26-20-23-12-24-34-20/h3-4,6,8,10-13,25H,9H2,1-2H3,(H,23,24,26)/t13-/m1/s1. The molecule has 188 valence electrons. The van der Waals surface area contributed by atoms with Gasteiger partial charge in [0, 0.05) is 23.2 Å². The number of hydrogen-bond acceptors (Lipinski definition) is 9. The zero-order chi connectivity index (χ0) is 26.1. The van der Waals surface area contributed by atoms with E-state index in [2.05, 4.69) is 30.6 Å². The Morgan fingerprint density at radius 2 is 1.97 bits per heavy atom. The summed E-state index contributed by atoms with van der Waals surface area (Å²) in [7, 11) is -7.50. The first-order valence-electron chi connectivity index (χ1n) is 10.1. The SMILES string of the molecule is C[C@H](c1ccccc1C#CCNS(C)(=O)=O)n1c(=O)oc2cc(S(=O)(=O)Nc3ncns3)c(Cl)cc21. The molecule has 0 radical (unpaired) electrons. The van der Waals surface area contributed by atoms with Crippen molar-refractivity contribution in [2.24, 2.45) is 0 Å². The van der Waals surface area contributed by atoms with Crippen molar-refractivity contribution in [2.75, 3.05) is 17.5 Å². The normalized spacial score (nSPS) is 12.8. The molecule has 0 aliphatic carbocycles. The molecule has 0 spiro atoms. The van der Waals surface area contributed by atoms with Gasteiger partial charge in [0.25, 0.3) is 10.0 Å². The van der Waals surface area contributed by atoms with E-state index in [1.165, 1.54) is 23.0 Å². The fraction of sp³-hybridized carbons (Fsp3) is 0.190. The van der Waals surface area contributed by atoms with Gasteiger partial charge in [0.1, 0.15) is 11.2 Å². The van der Waals surface area contributed by atoms with Crippen molar-refractivity contribution in [3.05, 3.63) is 69.4 Å². The number of benzene rings is 2. The van der Waals surface area contributed by atoms with Crippen molar-refractivity contribution in [3.8, 4) is 11.8 Å². The molecule has 0 bridgehead atoms. The average Bonchev–Trinajstić information content (AvgIpc) is 3.41. The van der Waals surface area contributed by atoms with Crippen LogP contribution in [0.5, 0.6) is 0 Å². The van der Waals surface area contributed by atoms with Gasteiger partial charge in [-0.25, -0.2) is 31.3 Å². The second-order valence-electron chi connectivity index (χ2n) is 7.50. The van der Waals surface area contributed by atoms with Gasteiger partial charge in [-0.3, -0.25) is 9.29 Å². The Morgan fingerprint density at radius 1 is 1.22 bits per heavy atom. The molecule has 2 N–H and O–H groups in total. The number of sulfonamides is 2. The van der Waals surface area contributed by atoms with Gasteiger partial charge < -0.3 is 4.42 Å². The van der Waals surface area contributed by atoms with Crippen LogP contribution in [0.25, 0.3) is 11.1 Å². The monoisotopic (exact) mass is 567 g/mol. The molecule has 11 nitrogen and oxygen atoms in total. The van der Waals surface area contributed by atoms with Gasteiger partial charge in [-0.15, -0.1) is 0 Å². The molecule has 0 amide bonds. The predicted octanol–water partition coefficient (Wildman–Crippen LogP) is 2.41. The summed E-state index contributed by atoms with van der Waals surface area (Å²) in [6, 6.07) is 8.99. The second kappa shape index (κ2) is 10.0. The minimum absolute atomic E-state index is 0.0230. The zero-order valence-corrected chi connectivity index (χ0v) is 21.9. The summed E-state index contributed by atoms with van der Waals surface area (Å²) in [5.74, 6) is 4.94. The largest absolute Gasteiger partial charge is 0.420 e. The Labute approximate surface area is 215 Å². The summed E-state index contributed by atoms with van der Waals surface area (Å²) in [5, 5.41) is -0.0653. The number of halogens is 1. The van der Waals surface area contributed by atoms with Crippen LogP contribution in [0.3, 0.4) is 0 Å². The molecule has 0 saturated heterocycles. The smallest absolute Gasteiger partial charge is 0.408 e. The molecule has 0 fully saturated rings. The molecule has 0 aliphatic heterocycles. The quantitative estimate of drug-likeness (QED) is 0.323. The molecule has 2 aromatic carbocycles. The van der Waals surface area contributed by atoms with E-state index in [4.69, 9.17) is 16.0 Å². The van der Waals surface area contributed by atoms with Gasteiger partial charge in [-0.2, -0.15) is 4.37 Å². The first kappa shape index (κ1) is 25.9. The highest BCUT2D eigenvalue weighted by molar-refractivity contribution is 7.93. The van der Waals surface area contributed by atoms with E-state index in [1.54, 1.807) is 31.2 Å². The average molecular weight is 568 g/mol. The van der Waals surface area contributed by atoms with Gasteiger partial charge in [0.05, 0.1) is 29.4 Å². The molecule has 1 atom stereocenters. The first-order chi connectivity index (χ1) is 17.0. The molecular formula is C21H18ClN5O6S3. The minimum atomic E-state index is -4.12. The minimum Gasteiger partial charge on any atom is -0.408 e. The lowest BCUT2D eigenvalue weighted by molar-refractivity contribution is 0.489. The predicted molar refractivity (Wildman–Crippen MR) is 136 cm³/mol. The summed E-state index contributed by atoms with van der Waals surface area (Å²) in [6.07, 6.45) is 2.24. The lowest BCUT2D eigenvalue weighted by Gasteiger charge is -2.15. The van der Waals surface area contributed by atoms with Gasteiger partial charge in [0.2, 0.25) is 15.2 Å². The number of nitrogens with zero attached hydrogens (tertiary/aromatic N) is 3. The van der Waals surface area contributed by atoms with Gasteiger partial charge in [0.15, 0.2) is 5.58 Å². The molecule has 36 heavy (non-hydrogen) atoms. The molecule has 0 unspecified atom stereocenters. The number of fused-ring (bicyclic) bond motifs is 1. The molecule has 0 saturated carbocycles. The van der Waals surface area contributed by atoms with E-state index in [-0.39, 0.29) is 32.7 Å². The molecule has 4 rings (SSSR count). The summed E-state index contributed by atoms with van der Waals surface area (Å²) >= 11 is 7.18. The van der Waals surface area contributed by atoms with Crippen LogP contribution in [0, 0.1) is 11.8 Å². The maximum atomic E-state index is 12.8. The molecule has 2 aromatic heterocycles. The Balaban J connectivity index is 1.73. The fourth-order valence-electron chi connectivity index (χ4n) is 3.42.